The molecular formula is C95H78BBr4F15N14O10. The zero-order valence-corrected chi connectivity index (χ0v) is 79.5. The number of aromatic hydroxyl groups is 1. The summed E-state index contributed by atoms with van der Waals surface area (Å²) in [5.41, 5.74) is 4.14. The first-order chi connectivity index (χ1) is 66.3. The van der Waals surface area contributed by atoms with Crippen LogP contribution in [0.15, 0.2) is 244 Å². The Morgan fingerprint density at radius 3 is 1.27 bits per heavy atom. The molecule has 0 radical (unpaired) electrons. The van der Waals surface area contributed by atoms with Crippen LogP contribution in [-0.4, -0.2) is 114 Å². The predicted octanol–water partition coefficient (Wildman–Crippen LogP) is 22.7. The molecule has 724 valence electrons. The monoisotopic (exact) mass is 2190 g/mol. The number of nitrogens with one attached hydrogen (secondary N) is 4. The third-order valence-corrected chi connectivity index (χ3v) is 23.6. The molecule has 5 aliphatic rings. The van der Waals surface area contributed by atoms with Crippen molar-refractivity contribution in [2.24, 2.45) is 5.73 Å². The summed E-state index contributed by atoms with van der Waals surface area (Å²) in [7, 11) is -0.557. The predicted molar refractivity (Wildman–Crippen MR) is 498 cm³/mol. The van der Waals surface area contributed by atoms with Gasteiger partial charge in [0.05, 0.1) is 52.7 Å². The minimum absolute atomic E-state index is 0.0196. The Morgan fingerprint density at radius 2 is 0.842 bits per heavy atom. The number of ketones is 1. The van der Waals surface area contributed by atoms with Crippen LogP contribution < -0.4 is 60.9 Å². The molecule has 7 N–H and O–H groups in total. The molecule has 5 atom stereocenters. The zero-order chi connectivity index (χ0) is 99.7. The lowest BCUT2D eigenvalue weighted by molar-refractivity contribution is -0.141. The molecule has 0 amide bonds. The maximum atomic E-state index is 14.0. The number of fused-ring (bicyclic) bond motifs is 4. The van der Waals surface area contributed by atoms with E-state index in [4.69, 9.17) is 48.6 Å². The van der Waals surface area contributed by atoms with E-state index in [1.165, 1.54) is 95.9 Å². The van der Waals surface area contributed by atoms with Crippen LogP contribution in [0.5, 0.6) is 40.2 Å². The standard InChI is InChI=1S/C19H21BF2N2O3.C19H15F5N4O.C13H9BrF2N2O.C13H11BrF2N2O.C13H8BrF2NO2.C13H10F2N2O.C5H4BrNO/c1-18(2)19(3,4)27-20(26-18)11-8-15-17(23-9-11)24-14(10-25-15)16-12(21)6-5-7-13(16)22;1-2-28-14(7-16(27-28)19(22,23)24)10-6-15-18(25-8-10)26-13(9-29-15)17-11(20)4-3-5-12(17)21;14-7-4-11-13(17-5-7)18-10(6-19-11)12-8(15)2-1-3-9(12)16;14-13-11(5-2-6-18-13)19-7-10(17)12-8(15)3-1-4-9(12)16;14-13-11(5-2-6-17-13)19-7-10(18)12-8(15)3-1-4-9(12)16;14-8-3-1-4-9(15)12(8)10-7-18-11-5-2-6-16-13(11)17-10;6-5-4(8)2-1-3-7-5/h5-9,14H,10H2,1-4H3,(H,23,24);3-8,13H,2,9H2,1H3,(H,25,26);1-5,10H,6H2,(H,17,18);1-6,10H,7,17H2;1-6H,7H2;1-6,10H,7H2,(H,16,17);1-3,8H. The number of nitrogens with two attached hydrogens (primary N) is 1. The Bertz CT molecular complexity index is 6560. The highest BCUT2D eigenvalue weighted by Crippen LogP contribution is 2.43. The highest BCUT2D eigenvalue weighted by molar-refractivity contribution is 9.11. The number of nitrogens with zero attached hydrogens (tertiary/aromatic N) is 9. The van der Waals surface area contributed by atoms with Crippen molar-refractivity contribution in [2.75, 3.05) is 60.9 Å². The number of pyridine rings is 7. The fraction of sp³-hybridized carbons (Fsp3) is 0.211. The first kappa shape index (κ1) is 103. The molecule has 44 heteroatoms. The zero-order valence-electron chi connectivity index (χ0n) is 73.2. The Kier molecular flexibility index (Phi) is 34.2. The van der Waals surface area contributed by atoms with E-state index in [1.54, 1.807) is 98.6 Å². The van der Waals surface area contributed by atoms with Gasteiger partial charge < -0.3 is 69.8 Å². The summed E-state index contributed by atoms with van der Waals surface area (Å²) in [6.07, 6.45) is 6.33. The van der Waals surface area contributed by atoms with E-state index in [2.05, 4.69) is 125 Å². The van der Waals surface area contributed by atoms with Crippen LogP contribution in [0, 0.1) is 69.8 Å². The highest BCUT2D eigenvalue weighted by Gasteiger charge is 2.52. The van der Waals surface area contributed by atoms with Gasteiger partial charge in [0.2, 0.25) is 5.78 Å². The Balaban J connectivity index is 0.000000140. The molecule has 0 aliphatic carbocycles. The lowest BCUT2D eigenvalue weighted by Gasteiger charge is -2.32. The van der Waals surface area contributed by atoms with Gasteiger partial charge in [-0.2, -0.15) is 18.3 Å². The van der Waals surface area contributed by atoms with Gasteiger partial charge in [-0.3, -0.25) is 9.48 Å². The molecular weight excluding hydrogens is 2110 g/mol. The number of aromatic nitrogens is 9. The van der Waals surface area contributed by atoms with Crippen molar-refractivity contribution in [2.45, 2.75) is 88.8 Å². The summed E-state index contributed by atoms with van der Waals surface area (Å²) in [4.78, 5) is 40.1. The smallest absolute Gasteiger partial charge is 0.496 e. The molecule has 14 aromatic rings. The molecule has 13 heterocycles. The average molecular weight is 2190 g/mol. The number of ether oxygens (including phenoxy) is 6. The van der Waals surface area contributed by atoms with Gasteiger partial charge in [-0.15, -0.1) is 0 Å². The van der Waals surface area contributed by atoms with E-state index in [0.717, 1.165) is 52.4 Å². The largest absolute Gasteiger partial charge is 0.505 e. The van der Waals surface area contributed by atoms with Crippen LogP contribution in [-0.2, 0) is 22.0 Å². The SMILES string of the molecule is CC1(C)OB(c2cnc3c(c2)OCC(c2c(F)cccc2F)N3)OC1(C)C.CCn1nc(C(F)(F)F)cc1-c1cnc2c(c1)OCC(c1c(F)cccc1F)N2.Fc1cccc(F)c1C1COc2cc(Br)cnc2N1.Fc1cccc(F)c1C1COc2cccnc2N1.NC(COc1cccnc1Br)c1c(F)cccc1F.O=C(COc1cccnc1Br)c1c(F)cccc1F.Oc1cccnc1Br. The van der Waals surface area contributed by atoms with Crippen LogP contribution in [0.3, 0.4) is 0 Å². The maximum Gasteiger partial charge on any atom is 0.496 e. The molecule has 0 saturated carbocycles. The number of carbonyl (C=O) groups is 1. The van der Waals surface area contributed by atoms with Crippen molar-refractivity contribution in [3.05, 3.63) is 353 Å². The van der Waals surface area contributed by atoms with E-state index < -0.39 is 148 Å². The minimum atomic E-state index is -4.56. The van der Waals surface area contributed by atoms with Crippen molar-refractivity contribution in [1.29, 1.82) is 0 Å². The molecule has 1 saturated heterocycles. The van der Waals surface area contributed by atoms with E-state index >= 15 is 0 Å². The van der Waals surface area contributed by atoms with Crippen LogP contribution in [0.2, 0.25) is 0 Å². The normalized spacial score (nSPS) is 16.0. The van der Waals surface area contributed by atoms with Crippen molar-refractivity contribution < 1.29 is 113 Å². The molecule has 0 spiro atoms. The van der Waals surface area contributed by atoms with Gasteiger partial charge in [0.15, 0.2) is 70.1 Å². The Hall–Kier alpha value is -13.1. The summed E-state index contributed by atoms with van der Waals surface area (Å²) in [5.74, 6) is -4.44. The van der Waals surface area contributed by atoms with Crippen LogP contribution in [0.25, 0.3) is 11.3 Å². The quantitative estimate of drug-likeness (QED) is 0.0241. The number of aryl methyl sites for hydroxylation is 1. The third kappa shape index (κ3) is 25.7. The second-order valence-corrected chi connectivity index (χ2v) is 34.4. The summed E-state index contributed by atoms with van der Waals surface area (Å²) < 4.78 is 252. The van der Waals surface area contributed by atoms with Gasteiger partial charge in [0, 0.05) is 93.2 Å². The van der Waals surface area contributed by atoms with Gasteiger partial charge in [-0.05, 0) is 244 Å². The fourth-order valence-corrected chi connectivity index (χ4v) is 15.1. The van der Waals surface area contributed by atoms with Gasteiger partial charge >= 0.3 is 13.3 Å². The van der Waals surface area contributed by atoms with Crippen LogP contribution >= 0.6 is 63.7 Å². The summed E-state index contributed by atoms with van der Waals surface area (Å²) in [6.45, 7) is 9.61. The van der Waals surface area contributed by atoms with E-state index in [9.17, 15) is 70.7 Å². The van der Waals surface area contributed by atoms with Crippen molar-refractivity contribution in [3.8, 4) is 51.5 Å². The second-order valence-electron chi connectivity index (χ2n) is 31.2. The molecule has 139 heavy (non-hydrogen) atoms. The minimum Gasteiger partial charge on any atom is -0.505 e. The number of hydrogen-bond acceptors (Lipinski definition) is 23. The fourth-order valence-electron chi connectivity index (χ4n) is 13.8. The van der Waals surface area contributed by atoms with Crippen LogP contribution in [0.4, 0.5) is 89.1 Å². The number of anilines is 4. The highest BCUT2D eigenvalue weighted by atomic mass is 79.9. The Labute approximate surface area is 817 Å². The Morgan fingerprint density at radius 1 is 0.468 bits per heavy atom. The molecule has 6 aromatic carbocycles. The third-order valence-electron chi connectivity index (χ3n) is 21.3. The van der Waals surface area contributed by atoms with E-state index in [1.807, 2.05) is 27.7 Å². The van der Waals surface area contributed by atoms with Gasteiger partial charge in [-0.25, -0.2) is 87.6 Å². The lowest BCUT2D eigenvalue weighted by Crippen LogP contribution is -2.41. The number of alkyl halides is 3. The maximum absolute atomic E-state index is 14.0. The molecule has 19 rings (SSSR count). The molecule has 5 aliphatic heterocycles. The number of halogens is 19. The van der Waals surface area contributed by atoms with Gasteiger partial charge in [-0.1, -0.05) is 36.4 Å². The van der Waals surface area contributed by atoms with E-state index in [0.29, 0.717) is 65.6 Å². The first-order valence-electron chi connectivity index (χ1n) is 41.7. The molecule has 8 aromatic heterocycles. The summed E-state index contributed by atoms with van der Waals surface area (Å²) in [5, 5.41) is 24.3. The summed E-state index contributed by atoms with van der Waals surface area (Å²) in [6, 6.07) is 37.6. The number of carbonyl (C=O) groups excluding carboxylic acids is 1. The van der Waals surface area contributed by atoms with Gasteiger partial charge in [0.1, 0.15) is 122 Å². The van der Waals surface area contributed by atoms with Crippen LogP contribution in [0.1, 0.15) is 109 Å². The first-order valence-corrected chi connectivity index (χ1v) is 44.9. The average Bonchev–Trinajstić information content (AvgIpc) is 1.62. The lowest BCUT2D eigenvalue weighted by atomic mass is 9.80. The molecule has 5 unspecified atom stereocenters. The molecule has 0 bridgehead atoms. The second kappa shape index (κ2) is 46.1. The topological polar surface area (TPSA) is 293 Å². The molecule has 1 fully saturated rings. The number of hydrogen-bond donors (Lipinski definition) is 6. The van der Waals surface area contributed by atoms with Crippen molar-refractivity contribution in [3.63, 3.8) is 0 Å². The number of Topliss-reactive ketones (excluding diaryl/α,β-unsaturated/α-hetero) is 1. The number of benzene rings is 6. The van der Waals surface area contributed by atoms with Crippen molar-refractivity contribution >= 4 is 105 Å². The van der Waals surface area contributed by atoms with Crippen molar-refractivity contribution in [1.82, 2.24) is 44.7 Å². The van der Waals surface area contributed by atoms with Gasteiger partial charge in [0.25, 0.3) is 0 Å². The number of rotatable bonds is 15. The molecule has 24 nitrogen and oxygen atoms in total. The summed E-state index contributed by atoms with van der Waals surface area (Å²) >= 11 is 12.7. The van der Waals surface area contributed by atoms with E-state index in [-0.39, 0.29) is 90.4 Å².